The van der Waals surface area contributed by atoms with Crippen molar-refractivity contribution < 1.29 is 4.79 Å². The van der Waals surface area contributed by atoms with Gasteiger partial charge < -0.3 is 5.32 Å². The normalized spacial score (nSPS) is 15.8. The summed E-state index contributed by atoms with van der Waals surface area (Å²) in [6.07, 6.45) is 5.60. The molecule has 3 aromatic rings. The summed E-state index contributed by atoms with van der Waals surface area (Å²) in [5, 5.41) is 6.99. The molecule has 1 atom stereocenters. The highest BCUT2D eigenvalue weighted by Gasteiger charge is 2.28. The first-order chi connectivity index (χ1) is 12.2. The van der Waals surface area contributed by atoms with Crippen molar-refractivity contribution in [2.75, 3.05) is 0 Å². The molecule has 126 valence electrons. The van der Waals surface area contributed by atoms with Crippen LogP contribution in [0.3, 0.4) is 0 Å². The summed E-state index contributed by atoms with van der Waals surface area (Å²) in [6, 6.07) is 10.2. The number of rotatable bonds is 4. The number of hydrogen-bond donors (Lipinski definition) is 1. The fourth-order valence-corrected chi connectivity index (χ4v) is 4.08. The van der Waals surface area contributed by atoms with E-state index in [1.165, 1.54) is 22.3 Å². The number of amides is 1. The lowest BCUT2D eigenvalue weighted by atomic mass is 10.1. The Hall–Kier alpha value is -2.67. The molecule has 0 radical (unpaired) electrons. The molecule has 0 spiro atoms. The fraction of sp³-hybridized carbons (Fsp3) is 0.222. The van der Waals surface area contributed by atoms with Gasteiger partial charge in [-0.1, -0.05) is 23.8 Å². The van der Waals surface area contributed by atoms with Gasteiger partial charge in [-0.05, 0) is 36.6 Å². The molecule has 7 heteroatoms. The van der Waals surface area contributed by atoms with Gasteiger partial charge in [-0.25, -0.2) is 14.6 Å². The van der Waals surface area contributed by atoms with E-state index in [1.807, 2.05) is 12.1 Å². The molecule has 4 rings (SSSR count). The third-order valence-electron chi connectivity index (χ3n) is 4.12. The van der Waals surface area contributed by atoms with Gasteiger partial charge in [0.2, 0.25) is 5.91 Å². The second-order valence-corrected chi connectivity index (χ2v) is 7.25. The summed E-state index contributed by atoms with van der Waals surface area (Å²) in [5.74, 6) is 0.768. The molecule has 2 aromatic heterocycles. The van der Waals surface area contributed by atoms with E-state index in [9.17, 15) is 4.79 Å². The van der Waals surface area contributed by atoms with Crippen molar-refractivity contribution in [2.24, 2.45) is 0 Å². The summed E-state index contributed by atoms with van der Waals surface area (Å²) < 4.78 is 1.59. The van der Waals surface area contributed by atoms with E-state index in [0.717, 1.165) is 12.0 Å². The van der Waals surface area contributed by atoms with Crippen molar-refractivity contribution in [3.05, 3.63) is 65.9 Å². The number of nitrogens with zero attached hydrogens (tertiary/aromatic N) is 4. The second-order valence-electron chi connectivity index (χ2n) is 6.00. The first-order valence-electron chi connectivity index (χ1n) is 8.03. The monoisotopic (exact) mass is 351 g/mol. The molecule has 0 aliphatic carbocycles. The van der Waals surface area contributed by atoms with Crippen LogP contribution in [0, 0.1) is 6.92 Å². The Balaban J connectivity index is 1.35. The smallest absolute Gasteiger partial charge is 0.234 e. The molecule has 25 heavy (non-hydrogen) atoms. The average Bonchev–Trinajstić information content (AvgIpc) is 3.29. The number of pyridine rings is 1. The van der Waals surface area contributed by atoms with Crippen molar-refractivity contribution in [1.82, 2.24) is 25.1 Å². The van der Waals surface area contributed by atoms with Crippen LogP contribution in [0.25, 0.3) is 5.82 Å². The number of nitrogens with one attached hydrogen (secondary N) is 1. The van der Waals surface area contributed by atoms with E-state index < -0.39 is 0 Å². The van der Waals surface area contributed by atoms with Crippen LogP contribution in [-0.4, -0.2) is 30.9 Å². The lowest BCUT2D eigenvalue weighted by molar-refractivity contribution is -0.120. The Bertz CT molecular complexity index is 892. The van der Waals surface area contributed by atoms with Gasteiger partial charge in [0.05, 0.1) is 5.25 Å². The average molecular weight is 351 g/mol. The first-order valence-corrected chi connectivity index (χ1v) is 8.91. The van der Waals surface area contributed by atoms with Gasteiger partial charge in [-0.15, -0.1) is 11.8 Å². The summed E-state index contributed by atoms with van der Waals surface area (Å²) in [4.78, 5) is 21.9. The first kappa shape index (κ1) is 15.8. The van der Waals surface area contributed by atoms with Crippen LogP contribution < -0.4 is 5.32 Å². The minimum atomic E-state index is -0.0563. The Labute approximate surface area is 149 Å². The maximum atomic E-state index is 12.5. The van der Waals surface area contributed by atoms with E-state index in [4.69, 9.17) is 0 Å². The minimum Gasteiger partial charge on any atom is -0.351 e. The van der Waals surface area contributed by atoms with Crippen LogP contribution in [-0.2, 0) is 17.8 Å². The van der Waals surface area contributed by atoms with Gasteiger partial charge in [0, 0.05) is 17.6 Å². The molecular weight excluding hydrogens is 334 g/mol. The number of fused-ring (bicyclic) bond motifs is 1. The third-order valence-corrected chi connectivity index (χ3v) is 5.42. The number of aromatic nitrogens is 4. The second kappa shape index (κ2) is 6.68. The molecule has 1 amide bonds. The predicted molar refractivity (Wildman–Crippen MR) is 95.5 cm³/mol. The molecule has 1 aromatic carbocycles. The van der Waals surface area contributed by atoms with Gasteiger partial charge in [0.15, 0.2) is 5.82 Å². The fourth-order valence-electron chi connectivity index (χ4n) is 2.77. The molecule has 1 N–H and O–H groups in total. The number of carbonyl (C=O) groups is 1. The van der Waals surface area contributed by atoms with Crippen LogP contribution in [0.15, 0.2) is 54.1 Å². The molecule has 1 aliphatic heterocycles. The van der Waals surface area contributed by atoms with Gasteiger partial charge in [0.25, 0.3) is 0 Å². The molecule has 0 saturated heterocycles. The van der Waals surface area contributed by atoms with Crippen molar-refractivity contribution in [3.8, 4) is 5.82 Å². The minimum absolute atomic E-state index is 0.0563. The molecule has 0 saturated carbocycles. The van der Waals surface area contributed by atoms with E-state index in [-0.39, 0.29) is 11.2 Å². The van der Waals surface area contributed by atoms with Crippen LogP contribution in [0.5, 0.6) is 0 Å². The van der Waals surface area contributed by atoms with Gasteiger partial charge >= 0.3 is 0 Å². The molecule has 0 fully saturated rings. The van der Waals surface area contributed by atoms with E-state index in [2.05, 4.69) is 45.5 Å². The zero-order chi connectivity index (χ0) is 17.2. The zero-order valence-corrected chi connectivity index (χ0v) is 14.5. The molecule has 1 unspecified atom stereocenters. The molecular formula is C18H17N5OS. The van der Waals surface area contributed by atoms with Crippen molar-refractivity contribution in [1.29, 1.82) is 0 Å². The highest BCUT2D eigenvalue weighted by Crippen LogP contribution is 2.37. The van der Waals surface area contributed by atoms with Crippen LogP contribution >= 0.6 is 11.8 Å². The van der Waals surface area contributed by atoms with Gasteiger partial charge in [0.1, 0.15) is 12.7 Å². The predicted octanol–water partition coefficient (Wildman–Crippen LogP) is 2.30. The number of benzene rings is 1. The summed E-state index contributed by atoms with van der Waals surface area (Å²) in [7, 11) is 0. The topological polar surface area (TPSA) is 72.7 Å². The Morgan fingerprint density at radius 1 is 1.36 bits per heavy atom. The van der Waals surface area contributed by atoms with Crippen LogP contribution in [0.4, 0.5) is 0 Å². The summed E-state index contributed by atoms with van der Waals surface area (Å²) >= 11 is 1.65. The number of hydrogen-bond acceptors (Lipinski definition) is 5. The van der Waals surface area contributed by atoms with Crippen molar-refractivity contribution in [3.63, 3.8) is 0 Å². The Kier molecular flexibility index (Phi) is 4.23. The largest absolute Gasteiger partial charge is 0.351 e. The van der Waals surface area contributed by atoms with Crippen molar-refractivity contribution >= 4 is 17.7 Å². The molecule has 3 heterocycles. The zero-order valence-electron chi connectivity index (χ0n) is 13.7. The lowest BCUT2D eigenvalue weighted by Gasteiger charge is -2.10. The number of thioether (sulfide) groups is 1. The van der Waals surface area contributed by atoms with E-state index in [0.29, 0.717) is 12.4 Å². The Morgan fingerprint density at radius 2 is 2.28 bits per heavy atom. The van der Waals surface area contributed by atoms with E-state index in [1.54, 1.807) is 29.0 Å². The molecule has 1 aliphatic rings. The lowest BCUT2D eigenvalue weighted by Crippen LogP contribution is -2.32. The Morgan fingerprint density at radius 3 is 3.04 bits per heavy atom. The third kappa shape index (κ3) is 3.41. The number of carbonyl (C=O) groups excluding carboxylic acids is 1. The highest BCUT2D eigenvalue weighted by atomic mass is 32.2. The van der Waals surface area contributed by atoms with E-state index >= 15 is 0 Å². The van der Waals surface area contributed by atoms with Crippen molar-refractivity contribution in [2.45, 2.75) is 30.0 Å². The molecule has 0 bridgehead atoms. The van der Waals surface area contributed by atoms with Crippen LogP contribution in [0.1, 0.15) is 16.7 Å². The van der Waals surface area contributed by atoms with Gasteiger partial charge in [-0.2, -0.15) is 5.10 Å². The molecule has 6 nitrogen and oxygen atoms in total. The maximum absolute atomic E-state index is 12.5. The SMILES string of the molecule is Cc1ccc2c(c1)SC(C(=O)NCc1ccc(-n3cncn3)nc1)C2. The summed E-state index contributed by atoms with van der Waals surface area (Å²) in [5.41, 5.74) is 3.44. The quantitative estimate of drug-likeness (QED) is 0.781. The maximum Gasteiger partial charge on any atom is 0.234 e. The standard InChI is InChI=1S/C18H17N5OS/c1-12-2-4-14-7-16(25-15(14)6-12)18(24)21-9-13-3-5-17(20-8-13)23-11-19-10-22-23/h2-6,8,10-11,16H,7,9H2,1H3,(H,21,24). The highest BCUT2D eigenvalue weighted by molar-refractivity contribution is 8.01. The van der Waals surface area contributed by atoms with Gasteiger partial charge in [-0.3, -0.25) is 4.79 Å². The van der Waals surface area contributed by atoms with Crippen LogP contribution in [0.2, 0.25) is 0 Å². The number of aryl methyl sites for hydroxylation is 1. The summed E-state index contributed by atoms with van der Waals surface area (Å²) in [6.45, 7) is 2.54.